The van der Waals surface area contributed by atoms with E-state index in [1.165, 1.54) is 25.4 Å². The van der Waals surface area contributed by atoms with Crippen LogP contribution in [0.15, 0.2) is 42.7 Å². The lowest BCUT2D eigenvalue weighted by atomic mass is 10.0. The third-order valence-corrected chi connectivity index (χ3v) is 3.70. The molecule has 0 aliphatic rings. The van der Waals surface area contributed by atoms with Crippen molar-refractivity contribution >= 4 is 5.69 Å². The summed E-state index contributed by atoms with van der Waals surface area (Å²) in [6.07, 6.45) is -7.01. The van der Waals surface area contributed by atoms with E-state index in [9.17, 15) is 26.3 Å². The van der Waals surface area contributed by atoms with E-state index in [1.54, 1.807) is 6.07 Å². The van der Waals surface area contributed by atoms with E-state index < -0.39 is 24.0 Å². The van der Waals surface area contributed by atoms with Gasteiger partial charge >= 0.3 is 12.4 Å². The molecule has 0 saturated heterocycles. The van der Waals surface area contributed by atoms with E-state index in [2.05, 4.69) is 4.98 Å². The van der Waals surface area contributed by atoms with Gasteiger partial charge in [-0.3, -0.25) is 4.98 Å². The van der Waals surface area contributed by atoms with Crippen molar-refractivity contribution in [2.45, 2.75) is 25.3 Å². The maximum atomic E-state index is 13.7. The molecule has 0 N–H and O–H groups in total. The zero-order valence-corrected chi connectivity index (χ0v) is 13.4. The van der Waals surface area contributed by atoms with Crippen LogP contribution in [0.4, 0.5) is 32.0 Å². The number of rotatable bonds is 4. The Labute approximate surface area is 145 Å². The highest BCUT2D eigenvalue weighted by Gasteiger charge is 2.45. The minimum Gasteiger partial charge on any atom is -0.355 e. The van der Waals surface area contributed by atoms with Gasteiger partial charge in [-0.05, 0) is 30.7 Å². The van der Waals surface area contributed by atoms with Crippen LogP contribution in [0.1, 0.15) is 29.7 Å². The monoisotopic (exact) mass is 373 g/mol. The number of halogens is 6. The lowest BCUT2D eigenvalue weighted by Crippen LogP contribution is -2.38. The minimum absolute atomic E-state index is 0.0498. The molecule has 9 heteroatoms. The van der Waals surface area contributed by atoms with Crippen LogP contribution in [0.3, 0.4) is 0 Å². The number of hydrogen-bond acceptors (Lipinski definition) is 3. The molecule has 138 valence electrons. The second-order valence-corrected chi connectivity index (χ2v) is 5.39. The van der Waals surface area contributed by atoms with Gasteiger partial charge in [0.15, 0.2) is 6.04 Å². The molecule has 2 aromatic rings. The fourth-order valence-corrected chi connectivity index (χ4v) is 2.56. The second kappa shape index (κ2) is 7.23. The van der Waals surface area contributed by atoms with Crippen molar-refractivity contribution in [2.75, 3.05) is 11.4 Å². The van der Waals surface area contributed by atoms with Crippen LogP contribution in [-0.4, -0.2) is 17.7 Å². The molecule has 1 atom stereocenters. The molecule has 0 fully saturated rings. The second-order valence-electron chi connectivity index (χ2n) is 5.39. The van der Waals surface area contributed by atoms with Crippen molar-refractivity contribution in [2.24, 2.45) is 0 Å². The lowest BCUT2D eigenvalue weighted by Gasteiger charge is -2.34. The van der Waals surface area contributed by atoms with Crippen molar-refractivity contribution in [3.8, 4) is 6.07 Å². The first kappa shape index (κ1) is 19.6. The van der Waals surface area contributed by atoms with Crippen molar-refractivity contribution in [1.29, 1.82) is 5.26 Å². The Hall–Kier alpha value is -2.76. The quantitative estimate of drug-likeness (QED) is 0.700. The highest BCUT2D eigenvalue weighted by molar-refractivity contribution is 5.51. The molecule has 1 unspecified atom stereocenters. The molecule has 26 heavy (non-hydrogen) atoms. The lowest BCUT2D eigenvalue weighted by molar-refractivity contribution is -0.150. The highest BCUT2D eigenvalue weighted by atomic mass is 19.4. The Balaban J connectivity index is 2.51. The van der Waals surface area contributed by atoms with Crippen LogP contribution >= 0.6 is 0 Å². The first-order chi connectivity index (χ1) is 12.1. The summed E-state index contributed by atoms with van der Waals surface area (Å²) in [5.74, 6) is 0. The maximum absolute atomic E-state index is 13.7. The molecule has 0 aliphatic heterocycles. The maximum Gasteiger partial charge on any atom is 0.416 e. The third kappa shape index (κ3) is 4.25. The topological polar surface area (TPSA) is 39.9 Å². The molecule has 1 aromatic carbocycles. The third-order valence-electron chi connectivity index (χ3n) is 3.70. The minimum atomic E-state index is -4.75. The van der Waals surface area contributed by atoms with Gasteiger partial charge in [0.2, 0.25) is 0 Å². The first-order valence-electron chi connectivity index (χ1n) is 7.43. The summed E-state index contributed by atoms with van der Waals surface area (Å²) >= 11 is 0. The van der Waals surface area contributed by atoms with Crippen LogP contribution in [0, 0.1) is 11.3 Å². The Morgan fingerprint density at radius 3 is 2.15 bits per heavy atom. The molecule has 1 aromatic heterocycles. The number of pyridine rings is 1. The van der Waals surface area contributed by atoms with Gasteiger partial charge in [-0.1, -0.05) is 12.1 Å². The highest BCUT2D eigenvalue weighted by Crippen LogP contribution is 2.41. The van der Waals surface area contributed by atoms with Gasteiger partial charge < -0.3 is 4.90 Å². The fourth-order valence-electron chi connectivity index (χ4n) is 2.56. The Morgan fingerprint density at radius 1 is 1.08 bits per heavy atom. The summed E-state index contributed by atoms with van der Waals surface area (Å²) in [5.41, 5.74) is -1.24. The van der Waals surface area contributed by atoms with Crippen molar-refractivity contribution in [1.82, 2.24) is 4.98 Å². The summed E-state index contributed by atoms with van der Waals surface area (Å²) in [4.78, 5) is 4.69. The standard InChI is InChI=1S/C17H13F6N3/c1-2-26(14-7-11(8-24)9-25-10-14)15(17(21,22)23)12-3-5-13(6-4-12)16(18,19)20/h3-7,9-10,15H,2H2,1H3. The predicted octanol–water partition coefficient (Wildman–Crippen LogP) is 5.10. The Morgan fingerprint density at radius 2 is 1.69 bits per heavy atom. The van der Waals surface area contributed by atoms with Gasteiger partial charge in [0, 0.05) is 12.7 Å². The number of hydrogen-bond donors (Lipinski definition) is 0. The van der Waals surface area contributed by atoms with Gasteiger partial charge in [-0.15, -0.1) is 0 Å². The fraction of sp³-hybridized carbons (Fsp3) is 0.294. The van der Waals surface area contributed by atoms with Gasteiger partial charge in [0.1, 0.15) is 6.07 Å². The number of aromatic nitrogens is 1. The van der Waals surface area contributed by atoms with E-state index >= 15 is 0 Å². The van der Waals surface area contributed by atoms with Crippen molar-refractivity contribution < 1.29 is 26.3 Å². The van der Waals surface area contributed by atoms with E-state index in [0.717, 1.165) is 17.0 Å². The number of alkyl halides is 6. The average Bonchev–Trinajstić information content (AvgIpc) is 2.58. The van der Waals surface area contributed by atoms with Crippen molar-refractivity contribution in [3.63, 3.8) is 0 Å². The van der Waals surface area contributed by atoms with Crippen LogP contribution in [0.2, 0.25) is 0 Å². The summed E-state index contributed by atoms with van der Waals surface area (Å²) in [5, 5.41) is 8.90. The molecular weight excluding hydrogens is 360 g/mol. The molecule has 3 nitrogen and oxygen atoms in total. The zero-order chi connectivity index (χ0) is 19.5. The number of nitriles is 1. The smallest absolute Gasteiger partial charge is 0.355 e. The molecule has 0 aliphatic carbocycles. The zero-order valence-electron chi connectivity index (χ0n) is 13.4. The van der Waals surface area contributed by atoms with Crippen molar-refractivity contribution in [3.05, 3.63) is 59.4 Å². The van der Waals surface area contributed by atoms with Crippen LogP contribution in [-0.2, 0) is 6.18 Å². The molecule has 0 saturated carbocycles. The summed E-state index contributed by atoms with van der Waals surface area (Å²) in [7, 11) is 0. The predicted molar refractivity (Wildman–Crippen MR) is 82.2 cm³/mol. The van der Waals surface area contributed by atoms with E-state index in [4.69, 9.17) is 5.26 Å². The molecule has 2 rings (SSSR count). The van der Waals surface area contributed by atoms with Crippen LogP contribution in [0.5, 0.6) is 0 Å². The van der Waals surface area contributed by atoms with Gasteiger partial charge in [-0.25, -0.2) is 0 Å². The van der Waals surface area contributed by atoms with Crippen LogP contribution < -0.4 is 4.90 Å². The number of nitrogens with zero attached hydrogens (tertiary/aromatic N) is 3. The molecule has 0 radical (unpaired) electrons. The molecule has 1 heterocycles. The molecule has 0 spiro atoms. The van der Waals surface area contributed by atoms with E-state index in [0.29, 0.717) is 12.1 Å². The average molecular weight is 373 g/mol. The first-order valence-corrected chi connectivity index (χ1v) is 7.43. The molecule has 0 amide bonds. The Kier molecular flexibility index (Phi) is 5.44. The summed E-state index contributed by atoms with van der Waals surface area (Å²) in [6, 6.07) is 3.72. The van der Waals surface area contributed by atoms with E-state index in [-0.39, 0.29) is 23.4 Å². The summed E-state index contributed by atoms with van der Waals surface area (Å²) in [6.45, 7) is 1.38. The van der Waals surface area contributed by atoms with Gasteiger partial charge in [-0.2, -0.15) is 31.6 Å². The normalized spacial score (nSPS) is 13.2. The number of anilines is 1. The number of benzene rings is 1. The Bertz CT molecular complexity index is 790. The van der Waals surface area contributed by atoms with Crippen LogP contribution in [0.25, 0.3) is 0 Å². The summed E-state index contributed by atoms with van der Waals surface area (Å²) < 4.78 is 79.1. The SMILES string of the molecule is CCN(c1cncc(C#N)c1)C(c1ccc(C(F)(F)F)cc1)C(F)(F)F. The van der Waals surface area contributed by atoms with Gasteiger partial charge in [0.05, 0.1) is 23.0 Å². The van der Waals surface area contributed by atoms with Gasteiger partial charge in [0.25, 0.3) is 0 Å². The van der Waals surface area contributed by atoms with E-state index in [1.807, 2.05) is 0 Å². The molecule has 0 bridgehead atoms. The largest absolute Gasteiger partial charge is 0.416 e. The molecular formula is C17H13F6N3.